The van der Waals surface area contributed by atoms with Crippen LogP contribution in [0.4, 0.5) is 105 Å². The van der Waals surface area contributed by atoms with Gasteiger partial charge in [0.25, 0.3) is 0 Å². The summed E-state index contributed by atoms with van der Waals surface area (Å²) in [6.07, 6.45) is -41.6. The molecule has 1 saturated heterocycles. The zero-order valence-electron chi connectivity index (χ0n) is 53.2. The first-order valence-electron chi connectivity index (χ1n) is 26.9. The molecule has 1 heterocycles. The average Bonchev–Trinajstić information content (AvgIpc) is 0.869. The molecule has 0 spiro atoms. The van der Waals surface area contributed by atoms with Gasteiger partial charge in [-0.2, -0.15) is 35.1 Å². The van der Waals surface area contributed by atoms with Crippen molar-refractivity contribution in [2.24, 2.45) is 10.8 Å². The van der Waals surface area contributed by atoms with E-state index in [1.807, 2.05) is 60.7 Å². The molecule has 2 aromatic rings. The number of rotatable bonds is 27. The quantitative estimate of drug-likeness (QED) is 0.0377. The number of ether oxygens (including phenoxy) is 13. The lowest BCUT2D eigenvalue weighted by atomic mass is 9.86. The maximum Gasteiger partial charge on any atom is 0.527 e. The maximum absolute atomic E-state index is 13.0. The summed E-state index contributed by atoms with van der Waals surface area (Å²) in [7, 11) is 0. The van der Waals surface area contributed by atoms with Crippen molar-refractivity contribution in [3.05, 3.63) is 71.8 Å². The van der Waals surface area contributed by atoms with E-state index in [0.717, 1.165) is 31.9 Å². The van der Waals surface area contributed by atoms with E-state index in [-0.39, 0.29) is 9.65 Å². The van der Waals surface area contributed by atoms with E-state index in [2.05, 4.69) is 93.4 Å². The Bertz CT molecular complexity index is 2590. The van der Waals surface area contributed by atoms with Crippen molar-refractivity contribution in [3.8, 4) is 0 Å². The zero-order valence-corrected chi connectivity index (χ0v) is 56.4. The van der Waals surface area contributed by atoms with Crippen LogP contribution in [0, 0.1) is 10.8 Å². The molecule has 0 bridgehead atoms. The molecular formula is C54H64Br2F24O21. The van der Waals surface area contributed by atoms with Gasteiger partial charge in [0.2, 0.25) is 0 Å². The fourth-order valence-electron chi connectivity index (χ4n) is 5.60. The molecule has 47 heteroatoms. The number of aliphatic hydroxyl groups is 1. The van der Waals surface area contributed by atoms with Crippen LogP contribution in [0.2, 0.25) is 0 Å². The highest BCUT2D eigenvalue weighted by Gasteiger charge is 2.47. The molecule has 0 radical (unpaired) electrons. The van der Waals surface area contributed by atoms with Gasteiger partial charge in [0.15, 0.2) is 71.7 Å². The lowest BCUT2D eigenvalue weighted by Gasteiger charge is -2.26. The molecular weight excluding hydrogens is 1600 g/mol. The van der Waals surface area contributed by atoms with Gasteiger partial charge in [-0.05, 0) is 79.4 Å². The highest BCUT2D eigenvalue weighted by atomic mass is 79.9. The van der Waals surface area contributed by atoms with E-state index in [1.54, 1.807) is 27.7 Å². The van der Waals surface area contributed by atoms with Gasteiger partial charge in [0.05, 0.1) is 10.8 Å². The minimum Gasteiger partial charge on any atom is -0.456 e. The summed E-state index contributed by atoms with van der Waals surface area (Å²) in [6.45, 7) is -1.18. The Morgan fingerprint density at radius 3 is 1.01 bits per heavy atom. The Kier molecular flexibility index (Phi) is 46.5. The fraction of sp³-hybridized carbons (Fsp3) is 0.648. The molecule has 588 valence electrons. The van der Waals surface area contributed by atoms with E-state index in [9.17, 15) is 139 Å². The van der Waals surface area contributed by atoms with Crippen molar-refractivity contribution in [2.45, 2.75) is 159 Å². The van der Waals surface area contributed by atoms with E-state index in [0.29, 0.717) is 12.8 Å². The van der Waals surface area contributed by atoms with E-state index in [4.69, 9.17) is 5.11 Å². The Balaban J connectivity index is -0.000000570. The molecule has 1 aliphatic rings. The predicted molar refractivity (Wildman–Crippen MR) is 295 cm³/mol. The molecule has 1 N–H and O–H groups in total. The molecule has 1 fully saturated rings. The number of alkyl halides is 26. The van der Waals surface area contributed by atoms with Crippen molar-refractivity contribution >= 4 is 73.6 Å². The molecule has 0 amide bonds. The lowest BCUT2D eigenvalue weighted by molar-refractivity contribution is -0.430. The van der Waals surface area contributed by atoms with Crippen LogP contribution in [0.25, 0.3) is 0 Å². The fourth-order valence-corrected chi connectivity index (χ4v) is 7.83. The van der Waals surface area contributed by atoms with E-state index in [1.165, 1.54) is 13.8 Å². The van der Waals surface area contributed by atoms with Gasteiger partial charge in [-0.1, -0.05) is 92.5 Å². The van der Waals surface area contributed by atoms with Gasteiger partial charge in [0, 0.05) is 16.6 Å². The van der Waals surface area contributed by atoms with Crippen molar-refractivity contribution in [1.82, 2.24) is 0 Å². The Morgan fingerprint density at radius 2 is 0.752 bits per heavy atom. The number of carbonyl (C=O) groups is 7. The molecule has 0 aliphatic carbocycles. The summed E-state index contributed by atoms with van der Waals surface area (Å²) >= 11 is 6.95. The second-order valence-electron chi connectivity index (χ2n) is 19.9. The molecule has 3 rings (SSSR count). The zero-order chi connectivity index (χ0) is 80.0. The van der Waals surface area contributed by atoms with Crippen LogP contribution in [0.5, 0.6) is 0 Å². The monoisotopic (exact) mass is 1660 g/mol. The molecule has 6 atom stereocenters. The number of halogens is 26. The van der Waals surface area contributed by atoms with Gasteiger partial charge in [0.1, 0.15) is 6.61 Å². The summed E-state index contributed by atoms with van der Waals surface area (Å²) < 4.78 is 324. The van der Waals surface area contributed by atoms with E-state index >= 15 is 0 Å². The van der Waals surface area contributed by atoms with Crippen molar-refractivity contribution in [1.29, 1.82) is 0 Å². The summed E-state index contributed by atoms with van der Waals surface area (Å²) in [6, 6.07) is 18.8. The minimum atomic E-state index is -5.63. The van der Waals surface area contributed by atoms with Gasteiger partial charge < -0.3 is 38.3 Å². The van der Waals surface area contributed by atoms with Gasteiger partial charge >= 0.3 is 91.7 Å². The lowest BCUT2D eigenvalue weighted by Crippen LogP contribution is -2.40. The number of cyclic esters (lactones) is 2. The van der Waals surface area contributed by atoms with Crippen LogP contribution < -0.4 is 0 Å². The third kappa shape index (κ3) is 54.1. The third-order valence-electron chi connectivity index (χ3n) is 10.2. The minimum absolute atomic E-state index is 0.126. The highest BCUT2D eigenvalue weighted by molar-refractivity contribution is 9.09. The number of esters is 7. The SMILES string of the molecule is CC(=O)OC(C)C(=O)OC(C)C(=O)OCC(F)(F)OC(F)(F)F.CC(C)(CC(Br)c1ccccc1)C(=O)OCC(F)(F)OCF.CC(C)(CC(Br)c1ccccc1)C(=O)OCC(F)(F)OCF.CC1OC(=O)C(C)OC1=O.FCOC(F)(F)F.FCOC(F)(F)F.OCC(F)(F)OC(F)(F)F. The molecule has 101 heavy (non-hydrogen) atoms. The third-order valence-corrected chi connectivity index (χ3v) is 11.9. The van der Waals surface area contributed by atoms with Crippen LogP contribution in [0.3, 0.4) is 0 Å². The second-order valence-corrected chi connectivity index (χ2v) is 22.1. The predicted octanol–water partition coefficient (Wildman–Crippen LogP) is 14.6. The molecule has 21 nitrogen and oxygen atoms in total. The molecule has 6 unspecified atom stereocenters. The Labute approximate surface area is 573 Å². The first-order valence-corrected chi connectivity index (χ1v) is 28.7. The number of aliphatic hydroxyl groups excluding tert-OH is 1. The summed E-state index contributed by atoms with van der Waals surface area (Å²) in [4.78, 5) is 78.2. The van der Waals surface area contributed by atoms with Gasteiger partial charge in [-0.15, -0.1) is 52.7 Å². The first-order chi connectivity index (χ1) is 45.6. The maximum atomic E-state index is 13.0. The van der Waals surface area contributed by atoms with Crippen LogP contribution in [-0.4, -0.2) is 175 Å². The van der Waals surface area contributed by atoms with Crippen LogP contribution in [0.1, 0.15) is 95.9 Å². The number of hydrogen-bond donors (Lipinski definition) is 1. The smallest absolute Gasteiger partial charge is 0.456 e. The summed E-state index contributed by atoms with van der Waals surface area (Å²) in [5, 5.41) is 7.58. The molecule has 1 aliphatic heterocycles. The molecule has 0 saturated carbocycles. The second kappa shape index (κ2) is 46.4. The highest BCUT2D eigenvalue weighted by Crippen LogP contribution is 2.39. The normalized spacial score (nSPS) is 15.6. The van der Waals surface area contributed by atoms with Crippen LogP contribution in [0.15, 0.2) is 60.7 Å². The number of carbonyl (C=O) groups excluding carboxylic acids is 7. The van der Waals surface area contributed by atoms with Crippen molar-refractivity contribution in [3.63, 3.8) is 0 Å². The Hall–Kier alpha value is -6.27. The summed E-state index contributed by atoms with van der Waals surface area (Å²) in [5.41, 5.74) is -0.0464. The summed E-state index contributed by atoms with van der Waals surface area (Å²) in [5.74, 6) is -6.08. The molecule has 0 aromatic heterocycles. The van der Waals surface area contributed by atoms with E-state index < -0.39 is 181 Å². The van der Waals surface area contributed by atoms with Crippen LogP contribution in [-0.2, 0) is 95.1 Å². The average molecular weight is 1660 g/mol. The van der Waals surface area contributed by atoms with Crippen LogP contribution >= 0.6 is 31.9 Å². The standard InChI is InChI=1S/2C15H18BrF3O3.C11H13F5O7.C6H8O4.C3H3F5O2.2C2H2F4O/c2*1-14(2,8-12(16)11-6-4-3-5-7-11)13(20)21-9-15(18,19)22-10-17;1-5(22-9(19)6(2)21-7(3)17)8(18)20-4-10(12,13)23-11(14,15)16;1-3-5(7)10-4(2)6(8)9-3;4-2(5,1-9)10-3(6,7)8;2*3-1-7-2(4,5)6/h2*3-7,12H,8-10H2,1-2H3;5-6H,4H2,1-3H3;3-4H,1-2H3;9H,1H2;2*1H2. The van der Waals surface area contributed by atoms with Crippen molar-refractivity contribution in [2.75, 3.05) is 53.9 Å². The van der Waals surface area contributed by atoms with Gasteiger partial charge in [-0.25, -0.2) is 46.2 Å². The number of hydrogen-bond acceptors (Lipinski definition) is 21. The van der Waals surface area contributed by atoms with Crippen molar-refractivity contribution < 1.29 is 206 Å². The molecule has 2 aromatic carbocycles. The topological polar surface area (TPSA) is 260 Å². The number of benzene rings is 2. The first kappa shape index (κ1) is 101. The largest absolute Gasteiger partial charge is 0.527 e. The van der Waals surface area contributed by atoms with Gasteiger partial charge in [-0.3, -0.25) is 33.3 Å². The Morgan fingerprint density at radius 1 is 0.455 bits per heavy atom.